The van der Waals surface area contributed by atoms with Crippen molar-refractivity contribution in [3.05, 3.63) is 63.1 Å². The summed E-state index contributed by atoms with van der Waals surface area (Å²) < 4.78 is 26.6. The molecule has 7 nitrogen and oxygen atoms in total. The van der Waals surface area contributed by atoms with Gasteiger partial charge in [-0.05, 0) is 68.5 Å². The second-order valence-electron chi connectivity index (χ2n) is 9.50. The zero-order chi connectivity index (χ0) is 26.6. The molecule has 2 aromatic carbocycles. The van der Waals surface area contributed by atoms with E-state index in [2.05, 4.69) is 5.32 Å². The summed E-state index contributed by atoms with van der Waals surface area (Å²) in [6.45, 7) is 4.94. The smallest absolute Gasteiger partial charge is 0.244 e. The van der Waals surface area contributed by atoms with Gasteiger partial charge in [-0.1, -0.05) is 54.2 Å². The van der Waals surface area contributed by atoms with Gasteiger partial charge in [-0.2, -0.15) is 0 Å². The molecule has 1 aliphatic carbocycles. The summed E-state index contributed by atoms with van der Waals surface area (Å²) in [5.41, 5.74) is 2.70. The molecule has 0 spiro atoms. The van der Waals surface area contributed by atoms with E-state index in [9.17, 15) is 18.0 Å². The molecule has 36 heavy (non-hydrogen) atoms. The van der Waals surface area contributed by atoms with Crippen molar-refractivity contribution in [1.29, 1.82) is 0 Å². The van der Waals surface area contributed by atoms with Crippen LogP contribution in [0.5, 0.6) is 0 Å². The summed E-state index contributed by atoms with van der Waals surface area (Å²) in [5, 5.41) is 3.75. The van der Waals surface area contributed by atoms with Gasteiger partial charge in [0.25, 0.3) is 0 Å². The molecule has 1 fully saturated rings. The van der Waals surface area contributed by atoms with Crippen molar-refractivity contribution in [2.45, 2.75) is 65.1 Å². The van der Waals surface area contributed by atoms with Crippen LogP contribution in [0.1, 0.15) is 49.3 Å². The van der Waals surface area contributed by atoms with E-state index >= 15 is 0 Å². The minimum Gasteiger partial charge on any atom is -0.352 e. The van der Waals surface area contributed by atoms with Crippen LogP contribution < -0.4 is 9.62 Å². The highest BCUT2D eigenvalue weighted by Gasteiger charge is 2.31. The quantitative estimate of drug-likeness (QED) is 0.480. The van der Waals surface area contributed by atoms with E-state index in [1.807, 2.05) is 19.1 Å². The standard InChI is InChI=1S/C26H33Cl2N3O4S/c1-17-9-10-18(2)24(13-17)31(36(4,34)35)16-25(32)30(15-20-11-12-22(27)23(28)14-20)19(3)26(33)29-21-7-5-6-8-21/h9-14,19,21H,5-8,15-16H2,1-4H3,(H,29,33)/t19-/m1/s1. The third-order valence-electron chi connectivity index (χ3n) is 6.52. The molecular weight excluding hydrogens is 521 g/mol. The average molecular weight is 555 g/mol. The molecule has 0 heterocycles. The van der Waals surface area contributed by atoms with E-state index in [1.54, 1.807) is 38.1 Å². The number of hydrogen-bond donors (Lipinski definition) is 1. The molecule has 0 aliphatic heterocycles. The summed E-state index contributed by atoms with van der Waals surface area (Å²) >= 11 is 12.2. The van der Waals surface area contributed by atoms with Gasteiger partial charge in [0, 0.05) is 12.6 Å². The van der Waals surface area contributed by atoms with Crippen molar-refractivity contribution < 1.29 is 18.0 Å². The van der Waals surface area contributed by atoms with Crippen molar-refractivity contribution in [2.24, 2.45) is 0 Å². The van der Waals surface area contributed by atoms with E-state index < -0.39 is 28.5 Å². The number of anilines is 1. The highest BCUT2D eigenvalue weighted by atomic mass is 35.5. The number of carbonyl (C=O) groups excluding carboxylic acids is 2. The first kappa shape index (κ1) is 28.3. The zero-order valence-corrected chi connectivity index (χ0v) is 23.4. The molecule has 2 aromatic rings. The van der Waals surface area contributed by atoms with Crippen molar-refractivity contribution in [3.63, 3.8) is 0 Å². The Labute approximate surface area is 223 Å². The lowest BCUT2D eigenvalue weighted by molar-refractivity contribution is -0.139. The van der Waals surface area contributed by atoms with Crippen molar-refractivity contribution >= 4 is 50.7 Å². The average Bonchev–Trinajstić information content (AvgIpc) is 3.31. The molecule has 1 atom stereocenters. The van der Waals surface area contributed by atoms with Gasteiger partial charge in [0.2, 0.25) is 21.8 Å². The molecule has 1 aliphatic rings. The first-order valence-corrected chi connectivity index (χ1v) is 14.6. The third kappa shape index (κ3) is 7.14. The molecule has 196 valence electrons. The Bertz CT molecular complexity index is 1230. The maximum absolute atomic E-state index is 13.7. The number of carbonyl (C=O) groups is 2. The Morgan fingerprint density at radius 3 is 2.33 bits per heavy atom. The Kier molecular flexibility index (Phi) is 9.30. The number of benzene rings is 2. The summed E-state index contributed by atoms with van der Waals surface area (Å²) in [6, 6.07) is 9.70. The van der Waals surface area contributed by atoms with Crippen LogP contribution in [0.15, 0.2) is 36.4 Å². The second kappa shape index (κ2) is 11.8. The normalized spacial score (nSPS) is 14.9. The summed E-state index contributed by atoms with van der Waals surface area (Å²) in [6.07, 6.45) is 5.01. The molecule has 10 heteroatoms. The van der Waals surface area contributed by atoms with Crippen LogP contribution in [0.2, 0.25) is 10.0 Å². The van der Waals surface area contributed by atoms with E-state index in [4.69, 9.17) is 23.2 Å². The Morgan fingerprint density at radius 1 is 1.06 bits per heavy atom. The predicted octanol–water partition coefficient (Wildman–Crippen LogP) is 4.85. The summed E-state index contributed by atoms with van der Waals surface area (Å²) in [5.74, 6) is -0.769. The summed E-state index contributed by atoms with van der Waals surface area (Å²) in [7, 11) is -3.79. The lowest BCUT2D eigenvalue weighted by atomic mass is 10.1. The number of nitrogens with one attached hydrogen (secondary N) is 1. The first-order valence-electron chi connectivity index (χ1n) is 12.0. The molecular formula is C26H33Cl2N3O4S. The first-order chi connectivity index (χ1) is 16.9. The molecule has 0 aromatic heterocycles. The molecule has 3 rings (SSSR count). The topological polar surface area (TPSA) is 86.8 Å². The van der Waals surface area contributed by atoms with E-state index in [0.717, 1.165) is 47.4 Å². The maximum Gasteiger partial charge on any atom is 0.244 e. The third-order valence-corrected chi connectivity index (χ3v) is 8.38. The van der Waals surface area contributed by atoms with Gasteiger partial charge >= 0.3 is 0 Å². The highest BCUT2D eigenvalue weighted by molar-refractivity contribution is 7.92. The number of amides is 2. The fourth-order valence-corrected chi connectivity index (χ4v) is 5.61. The van der Waals surface area contributed by atoms with Gasteiger partial charge in [0.05, 0.1) is 22.0 Å². The van der Waals surface area contributed by atoms with E-state index in [0.29, 0.717) is 21.3 Å². The van der Waals surface area contributed by atoms with Gasteiger partial charge in [0.1, 0.15) is 12.6 Å². The van der Waals surface area contributed by atoms with Crippen molar-refractivity contribution in [1.82, 2.24) is 10.2 Å². The predicted molar refractivity (Wildman–Crippen MR) is 145 cm³/mol. The van der Waals surface area contributed by atoms with E-state index in [-0.39, 0.29) is 18.5 Å². The van der Waals surface area contributed by atoms with Crippen LogP contribution in [-0.4, -0.2) is 50.0 Å². The van der Waals surface area contributed by atoms with Gasteiger partial charge in [-0.15, -0.1) is 0 Å². The van der Waals surface area contributed by atoms with Crippen LogP contribution in [0, 0.1) is 13.8 Å². The Hall–Kier alpha value is -2.29. The second-order valence-corrected chi connectivity index (χ2v) is 12.2. The SMILES string of the molecule is Cc1ccc(C)c(N(CC(=O)N(Cc2ccc(Cl)c(Cl)c2)[C@H](C)C(=O)NC2CCCC2)S(C)(=O)=O)c1. The highest BCUT2D eigenvalue weighted by Crippen LogP contribution is 2.26. The van der Waals surface area contributed by atoms with Crippen molar-refractivity contribution in [3.8, 4) is 0 Å². The number of rotatable bonds is 9. The number of hydrogen-bond acceptors (Lipinski definition) is 4. The molecule has 0 saturated heterocycles. The van der Waals surface area contributed by atoms with Gasteiger partial charge in [0.15, 0.2) is 0 Å². The molecule has 1 N–H and O–H groups in total. The van der Waals surface area contributed by atoms with Gasteiger partial charge < -0.3 is 10.2 Å². The molecule has 0 bridgehead atoms. The minimum absolute atomic E-state index is 0.0688. The van der Waals surface area contributed by atoms with Crippen LogP contribution in [0.3, 0.4) is 0 Å². The largest absolute Gasteiger partial charge is 0.352 e. The maximum atomic E-state index is 13.7. The fraction of sp³-hybridized carbons (Fsp3) is 0.462. The Morgan fingerprint density at radius 2 is 1.72 bits per heavy atom. The van der Waals surface area contributed by atoms with Gasteiger partial charge in [-0.25, -0.2) is 8.42 Å². The minimum atomic E-state index is -3.79. The monoisotopic (exact) mass is 553 g/mol. The van der Waals surface area contributed by atoms with Crippen LogP contribution in [-0.2, 0) is 26.2 Å². The molecule has 2 amide bonds. The number of nitrogens with zero attached hydrogens (tertiary/aromatic N) is 2. The number of sulfonamides is 1. The molecule has 0 unspecified atom stereocenters. The van der Waals surface area contributed by atoms with Crippen LogP contribution in [0.4, 0.5) is 5.69 Å². The van der Waals surface area contributed by atoms with Crippen LogP contribution >= 0.6 is 23.2 Å². The lowest BCUT2D eigenvalue weighted by Gasteiger charge is -2.32. The van der Waals surface area contributed by atoms with Crippen molar-refractivity contribution in [2.75, 3.05) is 17.1 Å². The lowest BCUT2D eigenvalue weighted by Crippen LogP contribution is -2.52. The van der Waals surface area contributed by atoms with Gasteiger partial charge in [-0.3, -0.25) is 13.9 Å². The number of halogens is 2. The summed E-state index contributed by atoms with van der Waals surface area (Å²) in [4.78, 5) is 28.2. The Balaban J connectivity index is 1.93. The fourth-order valence-electron chi connectivity index (χ4n) is 4.39. The molecule has 1 saturated carbocycles. The number of aryl methyl sites for hydroxylation is 2. The zero-order valence-electron chi connectivity index (χ0n) is 21.1. The van der Waals surface area contributed by atoms with E-state index in [1.165, 1.54) is 4.90 Å². The molecule has 0 radical (unpaired) electrons. The van der Waals surface area contributed by atoms with Crippen LogP contribution in [0.25, 0.3) is 0 Å².